The number of fused-ring (bicyclic) bond motifs is 1. The fourth-order valence-corrected chi connectivity index (χ4v) is 6.06. The van der Waals surface area contributed by atoms with Crippen molar-refractivity contribution in [2.75, 3.05) is 17.2 Å². The number of aromatic nitrogens is 3. The van der Waals surface area contributed by atoms with Crippen LogP contribution >= 0.6 is 11.3 Å². The van der Waals surface area contributed by atoms with Crippen molar-refractivity contribution in [3.8, 4) is 0 Å². The molecule has 0 radical (unpaired) electrons. The third-order valence-corrected chi connectivity index (χ3v) is 8.50. The fourth-order valence-electron chi connectivity index (χ4n) is 3.77. The molecule has 1 amide bonds. The minimum absolute atomic E-state index is 0.0994. The molecule has 4 rings (SSSR count). The Balaban J connectivity index is 1.54. The molecular formula is C25H28N4O3S2. The van der Waals surface area contributed by atoms with Crippen molar-refractivity contribution in [1.82, 2.24) is 14.5 Å². The monoisotopic (exact) mass is 496 g/mol. The van der Waals surface area contributed by atoms with Crippen LogP contribution in [-0.2, 0) is 27.6 Å². The van der Waals surface area contributed by atoms with E-state index in [1.165, 1.54) is 11.3 Å². The van der Waals surface area contributed by atoms with Crippen molar-refractivity contribution in [3.63, 3.8) is 0 Å². The first-order valence-corrected chi connectivity index (χ1v) is 13.8. The van der Waals surface area contributed by atoms with Crippen LogP contribution in [0.25, 0.3) is 10.2 Å². The van der Waals surface area contributed by atoms with Gasteiger partial charge in [0.15, 0.2) is 15.0 Å². The van der Waals surface area contributed by atoms with E-state index in [-0.39, 0.29) is 23.0 Å². The van der Waals surface area contributed by atoms with Crippen LogP contribution in [0.2, 0.25) is 0 Å². The zero-order chi connectivity index (χ0) is 24.1. The number of rotatable bonds is 10. The Bertz CT molecular complexity index is 1360. The predicted molar refractivity (Wildman–Crippen MR) is 136 cm³/mol. The van der Waals surface area contributed by atoms with Crippen molar-refractivity contribution < 1.29 is 13.2 Å². The minimum Gasteiger partial charge on any atom is -0.337 e. The highest BCUT2D eigenvalue weighted by molar-refractivity contribution is 7.91. The highest BCUT2D eigenvalue weighted by atomic mass is 32.2. The number of para-hydroxylation sites is 1. The summed E-state index contributed by atoms with van der Waals surface area (Å²) in [6.07, 6.45) is 6.79. The van der Waals surface area contributed by atoms with Crippen LogP contribution < -0.4 is 4.90 Å². The lowest BCUT2D eigenvalue weighted by Crippen LogP contribution is -2.33. The van der Waals surface area contributed by atoms with E-state index in [1.54, 1.807) is 41.7 Å². The van der Waals surface area contributed by atoms with Gasteiger partial charge in [-0.3, -0.25) is 9.69 Å². The van der Waals surface area contributed by atoms with Gasteiger partial charge in [0.1, 0.15) is 0 Å². The SMILES string of the molecule is CCc1cccc2sc(N(CCCn3ccnc3)C(=O)CCS(=O)(=O)c3ccc(C)cc3)nc12. The molecule has 178 valence electrons. The van der Waals surface area contributed by atoms with Crippen LogP contribution in [0.5, 0.6) is 0 Å². The molecule has 34 heavy (non-hydrogen) atoms. The summed E-state index contributed by atoms with van der Waals surface area (Å²) in [5.74, 6) is -0.476. The second-order valence-electron chi connectivity index (χ2n) is 8.20. The maximum absolute atomic E-state index is 13.3. The number of amides is 1. The molecule has 0 N–H and O–H groups in total. The quantitative estimate of drug-likeness (QED) is 0.319. The van der Waals surface area contributed by atoms with E-state index in [0.29, 0.717) is 24.6 Å². The van der Waals surface area contributed by atoms with Gasteiger partial charge in [0.25, 0.3) is 0 Å². The molecule has 0 unspecified atom stereocenters. The molecule has 9 heteroatoms. The van der Waals surface area contributed by atoms with Crippen LogP contribution in [0.15, 0.2) is 66.1 Å². The van der Waals surface area contributed by atoms with E-state index in [9.17, 15) is 13.2 Å². The molecule has 2 aromatic heterocycles. The molecule has 0 spiro atoms. The third kappa shape index (κ3) is 5.53. The van der Waals surface area contributed by atoms with E-state index < -0.39 is 9.84 Å². The number of carbonyl (C=O) groups excluding carboxylic acids is 1. The number of hydrogen-bond donors (Lipinski definition) is 0. The first-order chi connectivity index (χ1) is 16.4. The fraction of sp³-hybridized carbons (Fsp3) is 0.320. The molecule has 0 atom stereocenters. The zero-order valence-corrected chi connectivity index (χ0v) is 21.0. The van der Waals surface area contributed by atoms with Crippen molar-refractivity contribution in [3.05, 3.63) is 72.3 Å². The maximum Gasteiger partial charge on any atom is 0.229 e. The normalized spacial score (nSPS) is 11.7. The summed E-state index contributed by atoms with van der Waals surface area (Å²) in [5.41, 5.74) is 3.03. The number of imidazole rings is 1. The summed E-state index contributed by atoms with van der Waals surface area (Å²) >= 11 is 1.47. The van der Waals surface area contributed by atoms with Crippen LogP contribution in [0, 0.1) is 6.92 Å². The van der Waals surface area contributed by atoms with Gasteiger partial charge < -0.3 is 4.57 Å². The average Bonchev–Trinajstić information content (AvgIpc) is 3.50. The number of aryl methyl sites for hydroxylation is 3. The van der Waals surface area contributed by atoms with Crippen LogP contribution in [0.4, 0.5) is 5.13 Å². The van der Waals surface area contributed by atoms with Gasteiger partial charge in [-0.1, -0.05) is 48.1 Å². The Morgan fingerprint density at radius 1 is 1.15 bits per heavy atom. The molecule has 0 aliphatic heterocycles. The number of anilines is 1. The molecule has 0 fully saturated rings. The van der Waals surface area contributed by atoms with E-state index in [4.69, 9.17) is 4.98 Å². The smallest absolute Gasteiger partial charge is 0.229 e. The van der Waals surface area contributed by atoms with Gasteiger partial charge in [0, 0.05) is 31.9 Å². The first kappa shape index (κ1) is 24.1. The number of nitrogens with zero attached hydrogens (tertiary/aromatic N) is 4. The lowest BCUT2D eigenvalue weighted by molar-refractivity contribution is -0.118. The Morgan fingerprint density at radius 2 is 1.94 bits per heavy atom. The topological polar surface area (TPSA) is 85.2 Å². The Morgan fingerprint density at radius 3 is 2.65 bits per heavy atom. The Hall–Kier alpha value is -3.04. The molecule has 0 saturated heterocycles. The molecule has 2 aromatic carbocycles. The number of benzene rings is 2. The summed E-state index contributed by atoms with van der Waals surface area (Å²) in [6, 6.07) is 12.8. The first-order valence-electron chi connectivity index (χ1n) is 11.3. The molecular weight excluding hydrogens is 468 g/mol. The van der Waals surface area contributed by atoms with Crippen LogP contribution in [0.1, 0.15) is 30.9 Å². The number of thiazole rings is 1. The molecule has 0 aliphatic rings. The summed E-state index contributed by atoms with van der Waals surface area (Å²) in [4.78, 5) is 24.0. The molecule has 7 nitrogen and oxygen atoms in total. The van der Waals surface area contributed by atoms with Crippen molar-refractivity contribution in [1.29, 1.82) is 0 Å². The molecule has 2 heterocycles. The van der Waals surface area contributed by atoms with Crippen molar-refractivity contribution >= 4 is 42.4 Å². The zero-order valence-electron chi connectivity index (χ0n) is 19.3. The largest absolute Gasteiger partial charge is 0.337 e. The van der Waals surface area contributed by atoms with Crippen molar-refractivity contribution in [2.24, 2.45) is 0 Å². The summed E-state index contributed by atoms with van der Waals surface area (Å²) in [6.45, 7) is 5.14. The van der Waals surface area contributed by atoms with Gasteiger partial charge in [-0.25, -0.2) is 18.4 Å². The third-order valence-electron chi connectivity index (χ3n) is 5.73. The minimum atomic E-state index is -3.56. The predicted octanol–water partition coefficient (Wildman–Crippen LogP) is 4.65. The Kier molecular flexibility index (Phi) is 7.43. The summed E-state index contributed by atoms with van der Waals surface area (Å²) < 4.78 is 28.6. The second-order valence-corrected chi connectivity index (χ2v) is 11.3. The average molecular weight is 497 g/mol. The lowest BCUT2D eigenvalue weighted by atomic mass is 10.1. The maximum atomic E-state index is 13.3. The molecule has 4 aromatic rings. The lowest BCUT2D eigenvalue weighted by Gasteiger charge is -2.20. The van der Waals surface area contributed by atoms with Crippen molar-refractivity contribution in [2.45, 2.75) is 44.6 Å². The number of sulfone groups is 1. The standard InChI is InChI=1S/C25H28N4O3S2/c1-3-20-6-4-7-22-24(20)27-25(33-22)29(15-5-14-28-16-13-26-18-28)23(30)12-17-34(31,32)21-10-8-19(2)9-11-21/h4,6-11,13,16,18H,3,5,12,14-15,17H2,1-2H3. The van der Waals surface area contributed by atoms with E-state index in [1.807, 2.05) is 35.9 Å². The molecule has 0 bridgehead atoms. The van der Waals surface area contributed by atoms with Crippen LogP contribution in [0.3, 0.4) is 0 Å². The summed E-state index contributed by atoms with van der Waals surface area (Å²) in [7, 11) is -3.56. The Labute approximate surface area is 204 Å². The van der Waals surface area contributed by atoms with Gasteiger partial charge in [-0.2, -0.15) is 0 Å². The van der Waals surface area contributed by atoms with E-state index >= 15 is 0 Å². The van der Waals surface area contributed by atoms with E-state index in [2.05, 4.69) is 11.9 Å². The number of carbonyl (C=O) groups is 1. The van der Waals surface area contributed by atoms with E-state index in [0.717, 1.165) is 27.8 Å². The van der Waals surface area contributed by atoms with Crippen LogP contribution in [-0.4, -0.2) is 41.2 Å². The molecule has 0 aliphatic carbocycles. The molecule has 0 saturated carbocycles. The highest BCUT2D eigenvalue weighted by Gasteiger charge is 2.23. The van der Waals surface area contributed by atoms with Gasteiger partial charge in [0.2, 0.25) is 5.91 Å². The van der Waals surface area contributed by atoms with Gasteiger partial charge in [0.05, 0.1) is 27.2 Å². The van der Waals surface area contributed by atoms with Gasteiger partial charge in [-0.05, 0) is 43.5 Å². The number of hydrogen-bond acceptors (Lipinski definition) is 6. The van der Waals surface area contributed by atoms with Gasteiger partial charge >= 0.3 is 0 Å². The highest BCUT2D eigenvalue weighted by Crippen LogP contribution is 2.31. The second kappa shape index (κ2) is 10.5. The van der Waals surface area contributed by atoms with Gasteiger partial charge in [-0.15, -0.1) is 0 Å². The summed E-state index contributed by atoms with van der Waals surface area (Å²) in [5, 5.41) is 0.610.